The second-order valence-electron chi connectivity index (χ2n) is 6.18. The van der Waals surface area contributed by atoms with Crippen LogP contribution < -0.4 is 10.2 Å². The van der Waals surface area contributed by atoms with Crippen LogP contribution in [0.2, 0.25) is 0 Å². The van der Waals surface area contributed by atoms with Crippen LogP contribution in [0.4, 0.5) is 10.1 Å². The van der Waals surface area contributed by atoms with Crippen molar-refractivity contribution in [1.29, 1.82) is 0 Å². The normalized spacial score (nSPS) is 25.2. The maximum atomic E-state index is 14.1. The highest BCUT2D eigenvalue weighted by molar-refractivity contribution is 5.81. The first-order chi connectivity index (χ1) is 11.1. The van der Waals surface area contributed by atoms with Gasteiger partial charge >= 0.3 is 0 Å². The Morgan fingerprint density at radius 2 is 2.26 bits per heavy atom. The van der Waals surface area contributed by atoms with Gasteiger partial charge in [0.05, 0.1) is 25.5 Å². The fourth-order valence-electron chi connectivity index (χ4n) is 3.11. The molecule has 1 N–H and O–H groups in total. The van der Waals surface area contributed by atoms with Gasteiger partial charge in [-0.1, -0.05) is 6.07 Å². The smallest absolute Gasteiger partial charge is 0.251 e. The summed E-state index contributed by atoms with van der Waals surface area (Å²) in [4.78, 5) is 14.2. The number of anilines is 1. The minimum Gasteiger partial charge on any atom is -0.376 e. The van der Waals surface area contributed by atoms with Gasteiger partial charge in [0.1, 0.15) is 5.82 Å². The van der Waals surface area contributed by atoms with Crippen LogP contribution in [-0.4, -0.2) is 51.0 Å². The predicted molar refractivity (Wildman–Crippen MR) is 85.1 cm³/mol. The molecule has 2 aliphatic heterocycles. The Morgan fingerprint density at radius 1 is 1.39 bits per heavy atom. The van der Waals surface area contributed by atoms with Crippen molar-refractivity contribution < 1.29 is 18.7 Å². The Morgan fingerprint density at radius 3 is 3.04 bits per heavy atom. The van der Waals surface area contributed by atoms with Crippen LogP contribution >= 0.6 is 0 Å². The highest BCUT2D eigenvalue weighted by atomic mass is 19.1. The summed E-state index contributed by atoms with van der Waals surface area (Å²) in [6.45, 7) is 4.65. The average Bonchev–Trinajstić information content (AvgIpc) is 2.58. The Labute approximate surface area is 135 Å². The number of ether oxygens (including phenoxy) is 2. The summed E-state index contributed by atoms with van der Waals surface area (Å²) in [7, 11) is 0. The molecule has 0 spiro atoms. The second-order valence-corrected chi connectivity index (χ2v) is 6.18. The van der Waals surface area contributed by atoms with Crippen molar-refractivity contribution in [2.75, 3.05) is 37.8 Å². The molecule has 3 rings (SSSR count). The summed E-state index contributed by atoms with van der Waals surface area (Å²) in [5, 5.41) is 3.01. The van der Waals surface area contributed by atoms with Crippen LogP contribution in [0.15, 0.2) is 18.2 Å². The van der Waals surface area contributed by atoms with Gasteiger partial charge in [-0.2, -0.15) is 0 Å². The first kappa shape index (κ1) is 16.2. The number of nitrogens with zero attached hydrogens (tertiary/aromatic N) is 1. The highest BCUT2D eigenvalue weighted by Gasteiger charge is 2.28. The van der Waals surface area contributed by atoms with Crippen molar-refractivity contribution in [2.24, 2.45) is 0 Å². The maximum Gasteiger partial charge on any atom is 0.251 e. The molecule has 0 aromatic heterocycles. The summed E-state index contributed by atoms with van der Waals surface area (Å²) in [6.07, 6.45) is 1.28. The number of carbonyl (C=O) groups is 1. The first-order valence-corrected chi connectivity index (χ1v) is 8.14. The lowest BCUT2D eigenvalue weighted by molar-refractivity contribution is -0.148. The Balaban J connectivity index is 1.61. The molecule has 23 heavy (non-hydrogen) atoms. The Hall–Kier alpha value is -1.66. The van der Waals surface area contributed by atoms with E-state index in [1.165, 1.54) is 6.07 Å². The van der Waals surface area contributed by atoms with Crippen LogP contribution in [0.5, 0.6) is 0 Å². The molecule has 2 heterocycles. The van der Waals surface area contributed by atoms with Gasteiger partial charge in [-0.3, -0.25) is 4.79 Å². The molecule has 1 aromatic carbocycles. The van der Waals surface area contributed by atoms with E-state index in [0.29, 0.717) is 32.1 Å². The number of rotatable bonds is 3. The number of piperidine rings is 1. The number of nitrogens with one attached hydrogen (secondary N) is 1. The summed E-state index contributed by atoms with van der Waals surface area (Å²) in [6, 6.07) is 5.13. The molecule has 1 amide bonds. The summed E-state index contributed by atoms with van der Waals surface area (Å²) < 4.78 is 24.8. The molecule has 126 valence electrons. The van der Waals surface area contributed by atoms with E-state index in [9.17, 15) is 9.18 Å². The SMILES string of the molecule is Cc1ccc(F)c(N2CCC[C@H](NC(=O)[C@@H]3COCCO3)C2)c1. The van der Waals surface area contributed by atoms with E-state index < -0.39 is 6.10 Å². The van der Waals surface area contributed by atoms with Crippen LogP contribution in [-0.2, 0) is 14.3 Å². The number of amides is 1. The first-order valence-electron chi connectivity index (χ1n) is 8.14. The van der Waals surface area contributed by atoms with Crippen molar-refractivity contribution in [3.05, 3.63) is 29.6 Å². The fourth-order valence-corrected chi connectivity index (χ4v) is 3.11. The van der Waals surface area contributed by atoms with Crippen LogP contribution in [0.1, 0.15) is 18.4 Å². The Kier molecular flexibility index (Phi) is 5.13. The largest absolute Gasteiger partial charge is 0.376 e. The van der Waals surface area contributed by atoms with E-state index in [4.69, 9.17) is 9.47 Å². The second kappa shape index (κ2) is 7.27. The van der Waals surface area contributed by atoms with E-state index in [2.05, 4.69) is 5.32 Å². The number of benzene rings is 1. The van der Waals surface area contributed by atoms with Crippen molar-refractivity contribution in [1.82, 2.24) is 5.32 Å². The minimum atomic E-state index is -0.533. The van der Waals surface area contributed by atoms with E-state index in [1.54, 1.807) is 6.07 Å². The van der Waals surface area contributed by atoms with Gasteiger partial charge in [0.15, 0.2) is 6.10 Å². The maximum absolute atomic E-state index is 14.1. The Bertz CT molecular complexity index is 561. The van der Waals surface area contributed by atoms with Crippen LogP contribution in [0.25, 0.3) is 0 Å². The van der Waals surface area contributed by atoms with E-state index >= 15 is 0 Å². The molecular formula is C17H23FN2O3. The summed E-state index contributed by atoms with van der Waals surface area (Å²) in [5.41, 5.74) is 1.64. The van der Waals surface area contributed by atoms with Crippen molar-refractivity contribution in [3.63, 3.8) is 0 Å². The third-order valence-corrected chi connectivity index (χ3v) is 4.32. The molecule has 0 aliphatic carbocycles. The molecule has 0 bridgehead atoms. The predicted octanol–water partition coefficient (Wildman–Crippen LogP) is 1.63. The number of hydrogen-bond donors (Lipinski definition) is 1. The molecule has 1 aromatic rings. The van der Waals surface area contributed by atoms with Crippen molar-refractivity contribution in [2.45, 2.75) is 31.9 Å². The zero-order valence-corrected chi connectivity index (χ0v) is 13.4. The quantitative estimate of drug-likeness (QED) is 0.919. The lowest BCUT2D eigenvalue weighted by Crippen LogP contribution is -2.52. The molecule has 6 heteroatoms. The molecule has 0 saturated carbocycles. The lowest BCUT2D eigenvalue weighted by atomic mass is 10.0. The number of halogens is 1. The van der Waals surface area contributed by atoms with E-state index in [-0.39, 0.29) is 17.8 Å². The molecular weight excluding hydrogens is 299 g/mol. The minimum absolute atomic E-state index is 0.00156. The number of hydrogen-bond acceptors (Lipinski definition) is 4. The topological polar surface area (TPSA) is 50.8 Å². The highest BCUT2D eigenvalue weighted by Crippen LogP contribution is 2.24. The van der Waals surface area contributed by atoms with Crippen LogP contribution in [0, 0.1) is 12.7 Å². The summed E-state index contributed by atoms with van der Waals surface area (Å²) in [5.74, 6) is -0.354. The van der Waals surface area contributed by atoms with Gasteiger partial charge in [0, 0.05) is 19.1 Å². The number of carbonyl (C=O) groups excluding carboxylic acids is 1. The fraction of sp³-hybridized carbons (Fsp3) is 0.588. The van der Waals surface area contributed by atoms with Gasteiger partial charge in [0.2, 0.25) is 0 Å². The monoisotopic (exact) mass is 322 g/mol. The lowest BCUT2D eigenvalue weighted by Gasteiger charge is -2.36. The molecule has 2 saturated heterocycles. The van der Waals surface area contributed by atoms with E-state index in [0.717, 1.165) is 24.9 Å². The average molecular weight is 322 g/mol. The molecule has 0 unspecified atom stereocenters. The third kappa shape index (κ3) is 4.00. The molecule has 2 atom stereocenters. The molecule has 5 nitrogen and oxygen atoms in total. The van der Waals surface area contributed by atoms with Crippen LogP contribution in [0.3, 0.4) is 0 Å². The molecule has 2 aliphatic rings. The van der Waals surface area contributed by atoms with Gasteiger partial charge < -0.3 is 19.7 Å². The zero-order chi connectivity index (χ0) is 16.2. The van der Waals surface area contributed by atoms with Gasteiger partial charge in [-0.15, -0.1) is 0 Å². The van der Waals surface area contributed by atoms with Gasteiger partial charge in [-0.05, 0) is 37.5 Å². The molecule has 2 fully saturated rings. The zero-order valence-electron chi connectivity index (χ0n) is 13.4. The standard InChI is InChI=1S/C17H23FN2O3/c1-12-4-5-14(18)15(9-12)20-6-2-3-13(10-20)19-17(21)16-11-22-7-8-23-16/h4-5,9,13,16H,2-3,6-8,10-11H2,1H3,(H,19,21)/t13-,16-/m0/s1. The third-order valence-electron chi connectivity index (χ3n) is 4.32. The van der Waals surface area contributed by atoms with Crippen molar-refractivity contribution in [3.8, 4) is 0 Å². The number of aryl methyl sites for hydroxylation is 1. The van der Waals surface area contributed by atoms with E-state index in [1.807, 2.05) is 17.9 Å². The summed E-state index contributed by atoms with van der Waals surface area (Å²) >= 11 is 0. The van der Waals surface area contributed by atoms with Crippen molar-refractivity contribution >= 4 is 11.6 Å². The van der Waals surface area contributed by atoms with Gasteiger partial charge in [0.25, 0.3) is 5.91 Å². The van der Waals surface area contributed by atoms with Gasteiger partial charge in [-0.25, -0.2) is 4.39 Å². The molecule has 0 radical (unpaired) electrons.